The first kappa shape index (κ1) is 36.9. The van der Waals surface area contributed by atoms with Gasteiger partial charge in [0.2, 0.25) is 0 Å². The van der Waals surface area contributed by atoms with E-state index in [9.17, 15) is 0 Å². The number of benzene rings is 10. The third-order valence-corrected chi connectivity index (χ3v) is 25.1. The van der Waals surface area contributed by atoms with Gasteiger partial charge in [0.1, 0.15) is 0 Å². The smallest absolute Gasteiger partial charge is 0.181 e. The van der Waals surface area contributed by atoms with Crippen LogP contribution in [0.15, 0.2) is 259 Å². The Morgan fingerprint density at radius 3 is 1.42 bits per heavy atom. The number of fused-ring (bicyclic) bond motifs is 9. The summed E-state index contributed by atoms with van der Waals surface area (Å²) in [5, 5.41) is 14.3. The molecule has 292 valence electrons. The second kappa shape index (κ2) is 14.9. The fourth-order valence-corrected chi connectivity index (χ4v) is 25.0. The van der Waals surface area contributed by atoms with Crippen molar-refractivity contribution in [3.63, 3.8) is 0 Å². The standard InChI is InChI=1S/C58H41NSSi2/c1-4-21-44(22-5-1)59(45-37-35-43(36-38-45)50-28-18-20-42-19-10-11-27-49(42)50)46-39-40-57-58(41-46)62(53-31-14-12-29-51(53)60-52-30-13-15-32-54(52)62)56-34-17-16-33-55(56)61(57,47-23-6-2-7-24-47)48-25-8-3-9-26-48/h1-41H. The fourth-order valence-electron chi connectivity index (χ4n) is 10.8. The van der Waals surface area contributed by atoms with E-state index >= 15 is 0 Å². The first-order valence-electron chi connectivity index (χ1n) is 21.4. The maximum atomic E-state index is 2.63. The zero-order valence-corrected chi connectivity index (χ0v) is 36.8. The lowest BCUT2D eigenvalue weighted by molar-refractivity contribution is 1.29. The van der Waals surface area contributed by atoms with Gasteiger partial charge in [-0.1, -0.05) is 212 Å². The summed E-state index contributed by atoms with van der Waals surface area (Å²) < 4.78 is 0. The Morgan fingerprint density at radius 1 is 0.306 bits per heavy atom. The van der Waals surface area contributed by atoms with Crippen LogP contribution in [0.25, 0.3) is 21.9 Å². The molecule has 0 radical (unpaired) electrons. The average molecular weight is 840 g/mol. The molecule has 0 N–H and O–H groups in total. The van der Waals surface area contributed by atoms with Crippen molar-refractivity contribution in [3.05, 3.63) is 249 Å². The highest BCUT2D eigenvalue weighted by Crippen LogP contribution is 2.39. The molecule has 2 aliphatic heterocycles. The van der Waals surface area contributed by atoms with Crippen LogP contribution in [0, 0.1) is 0 Å². The van der Waals surface area contributed by atoms with E-state index in [4.69, 9.17) is 0 Å². The van der Waals surface area contributed by atoms with E-state index in [1.807, 2.05) is 11.8 Å². The van der Waals surface area contributed by atoms with Crippen LogP contribution in [0.2, 0.25) is 0 Å². The maximum Gasteiger partial charge on any atom is 0.181 e. The number of anilines is 3. The first-order valence-corrected chi connectivity index (χ1v) is 26.2. The molecule has 10 aromatic rings. The third-order valence-electron chi connectivity index (χ3n) is 13.3. The molecule has 1 spiro atoms. The Morgan fingerprint density at radius 2 is 0.774 bits per heavy atom. The minimum absolute atomic E-state index is 1.13. The first-order chi connectivity index (χ1) is 30.8. The molecule has 2 aliphatic rings. The molecule has 0 bridgehead atoms. The van der Waals surface area contributed by atoms with Gasteiger partial charge in [0.25, 0.3) is 0 Å². The Hall–Kier alpha value is -6.96. The Balaban J connectivity index is 1.18. The minimum atomic E-state index is -2.98. The van der Waals surface area contributed by atoms with Crippen LogP contribution in [-0.2, 0) is 0 Å². The van der Waals surface area contributed by atoms with Gasteiger partial charge in [0, 0.05) is 26.9 Å². The fraction of sp³-hybridized carbons (Fsp3) is 0. The molecule has 0 saturated carbocycles. The van der Waals surface area contributed by atoms with Gasteiger partial charge in [-0.05, 0) is 112 Å². The van der Waals surface area contributed by atoms with Crippen LogP contribution >= 0.6 is 11.8 Å². The highest BCUT2D eigenvalue weighted by Gasteiger charge is 2.58. The molecule has 0 aliphatic carbocycles. The Labute approximate surface area is 369 Å². The molecule has 0 aromatic heterocycles. The van der Waals surface area contributed by atoms with Crippen molar-refractivity contribution in [1.82, 2.24) is 0 Å². The SMILES string of the molecule is c1ccc(N(c2ccc(-c3cccc4ccccc34)cc2)c2ccc3c(c2)[Si]2(c4ccccc4Sc4ccccc42)c2ccccc2[Si]3(c2ccccc2)c2ccccc2)cc1. The maximum absolute atomic E-state index is 2.98. The minimum Gasteiger partial charge on any atom is -0.311 e. The molecule has 0 atom stereocenters. The van der Waals surface area contributed by atoms with Gasteiger partial charge in [-0.15, -0.1) is 0 Å². The highest BCUT2D eigenvalue weighted by molar-refractivity contribution is 8.00. The quantitative estimate of drug-likeness (QED) is 0.154. The molecule has 12 rings (SSSR count). The molecule has 2 heterocycles. The lowest BCUT2D eigenvalue weighted by Crippen LogP contribution is -2.93. The monoisotopic (exact) mass is 839 g/mol. The molecule has 4 heteroatoms. The Bertz CT molecular complexity index is 3190. The number of rotatable bonds is 6. The predicted molar refractivity (Wildman–Crippen MR) is 269 cm³/mol. The van der Waals surface area contributed by atoms with E-state index in [1.165, 1.54) is 73.2 Å². The Kier molecular flexibility index (Phi) is 8.85. The number of para-hydroxylation sites is 1. The lowest BCUT2D eigenvalue weighted by atomic mass is 9.98. The summed E-state index contributed by atoms with van der Waals surface area (Å²) >= 11 is 1.93. The zero-order valence-electron chi connectivity index (χ0n) is 34.0. The summed E-state index contributed by atoms with van der Waals surface area (Å²) in [6, 6.07) is 94.2. The van der Waals surface area contributed by atoms with Gasteiger partial charge in [-0.3, -0.25) is 0 Å². The van der Waals surface area contributed by atoms with E-state index in [2.05, 4.69) is 254 Å². The molecule has 1 nitrogen and oxygen atoms in total. The van der Waals surface area contributed by atoms with Gasteiger partial charge < -0.3 is 4.90 Å². The van der Waals surface area contributed by atoms with E-state index in [0.29, 0.717) is 0 Å². The highest BCUT2D eigenvalue weighted by atomic mass is 32.2. The number of hydrogen-bond donors (Lipinski definition) is 0. The molecule has 62 heavy (non-hydrogen) atoms. The molecular weight excluding hydrogens is 799 g/mol. The van der Waals surface area contributed by atoms with Crippen LogP contribution < -0.4 is 46.4 Å². The van der Waals surface area contributed by atoms with E-state index < -0.39 is 16.1 Å². The summed E-state index contributed by atoms with van der Waals surface area (Å²) in [6.07, 6.45) is 0. The molecule has 0 unspecified atom stereocenters. The van der Waals surface area contributed by atoms with Crippen molar-refractivity contribution in [1.29, 1.82) is 0 Å². The second-order valence-electron chi connectivity index (χ2n) is 16.3. The van der Waals surface area contributed by atoms with Crippen LogP contribution in [0.1, 0.15) is 0 Å². The summed E-state index contributed by atoms with van der Waals surface area (Å²) in [5.41, 5.74) is 5.88. The van der Waals surface area contributed by atoms with Crippen molar-refractivity contribution in [3.8, 4) is 11.1 Å². The summed E-state index contributed by atoms with van der Waals surface area (Å²) in [7, 11) is -5.88. The predicted octanol–water partition coefficient (Wildman–Crippen LogP) is 9.51. The van der Waals surface area contributed by atoms with Crippen LogP contribution in [0.3, 0.4) is 0 Å². The molecule has 0 fully saturated rings. The van der Waals surface area contributed by atoms with Crippen LogP contribution in [0.5, 0.6) is 0 Å². The summed E-state index contributed by atoms with van der Waals surface area (Å²) in [6.45, 7) is 0. The van der Waals surface area contributed by atoms with Gasteiger partial charge in [0.15, 0.2) is 16.1 Å². The molecule has 0 amide bonds. The third kappa shape index (κ3) is 5.47. The van der Waals surface area contributed by atoms with Crippen LogP contribution in [0.4, 0.5) is 17.1 Å². The number of nitrogens with zero attached hydrogens (tertiary/aromatic N) is 1. The average Bonchev–Trinajstić information content (AvgIpc) is 3.35. The zero-order chi connectivity index (χ0) is 41.1. The van der Waals surface area contributed by atoms with Crippen molar-refractivity contribution >= 4 is 97.2 Å². The van der Waals surface area contributed by atoms with Crippen molar-refractivity contribution in [2.24, 2.45) is 0 Å². The van der Waals surface area contributed by atoms with Gasteiger partial charge in [0.05, 0.1) is 0 Å². The summed E-state index contributed by atoms with van der Waals surface area (Å²) in [4.78, 5) is 5.20. The number of hydrogen-bond acceptors (Lipinski definition) is 2. The second-order valence-corrected chi connectivity index (χ2v) is 24.8. The van der Waals surface area contributed by atoms with E-state index in [1.54, 1.807) is 0 Å². The van der Waals surface area contributed by atoms with Gasteiger partial charge >= 0.3 is 0 Å². The topological polar surface area (TPSA) is 3.24 Å². The van der Waals surface area contributed by atoms with Crippen LogP contribution in [-0.4, -0.2) is 16.1 Å². The molecular formula is C58H41NSSi2. The van der Waals surface area contributed by atoms with Gasteiger partial charge in [-0.2, -0.15) is 0 Å². The van der Waals surface area contributed by atoms with Gasteiger partial charge in [-0.25, -0.2) is 0 Å². The lowest BCUT2D eigenvalue weighted by Gasteiger charge is -2.50. The molecule has 10 aromatic carbocycles. The summed E-state index contributed by atoms with van der Waals surface area (Å²) in [5.74, 6) is 0. The van der Waals surface area contributed by atoms with Crippen molar-refractivity contribution in [2.75, 3.05) is 4.90 Å². The van der Waals surface area contributed by atoms with Crippen molar-refractivity contribution in [2.45, 2.75) is 9.79 Å². The van der Waals surface area contributed by atoms with Crippen molar-refractivity contribution < 1.29 is 0 Å². The van der Waals surface area contributed by atoms with E-state index in [0.717, 1.165) is 17.1 Å². The normalized spacial score (nSPS) is 14.0. The van der Waals surface area contributed by atoms with E-state index in [-0.39, 0.29) is 0 Å². The molecule has 0 saturated heterocycles. The largest absolute Gasteiger partial charge is 0.311 e.